The van der Waals surface area contributed by atoms with E-state index in [2.05, 4.69) is 0 Å². The van der Waals surface area contributed by atoms with Gasteiger partial charge in [-0.15, -0.1) is 0 Å². The second-order valence-electron chi connectivity index (χ2n) is 4.55. The van der Waals surface area contributed by atoms with Crippen LogP contribution in [0.1, 0.15) is 20.8 Å². The van der Waals surface area contributed by atoms with E-state index in [4.69, 9.17) is 16.3 Å². The van der Waals surface area contributed by atoms with Gasteiger partial charge in [-0.05, 0) is 45.0 Å². The van der Waals surface area contributed by atoms with Crippen molar-refractivity contribution in [2.75, 3.05) is 5.75 Å². The predicted molar refractivity (Wildman–Crippen MR) is 70.4 cm³/mol. The number of hydrogen-bond donors (Lipinski definition) is 1. The largest absolute Gasteiger partial charge is 0.456 e. The number of carbonyl (C=O) groups excluding carboxylic acids is 1. The summed E-state index contributed by atoms with van der Waals surface area (Å²) in [5.41, 5.74) is -0.527. The van der Waals surface area contributed by atoms with Crippen molar-refractivity contribution in [2.45, 2.75) is 31.3 Å². The van der Waals surface area contributed by atoms with E-state index in [1.54, 1.807) is 45.0 Å². The van der Waals surface area contributed by atoms with Crippen LogP contribution in [0.25, 0.3) is 0 Å². The van der Waals surface area contributed by atoms with Crippen molar-refractivity contribution >= 4 is 28.7 Å². The molecule has 0 bridgehead atoms. The Morgan fingerprint density at radius 1 is 1.35 bits per heavy atom. The van der Waals surface area contributed by atoms with Gasteiger partial charge in [-0.3, -0.25) is 0 Å². The molecular weight excluding hydrogens is 260 g/mol. The molecule has 0 amide bonds. The molecule has 1 atom stereocenters. The third kappa shape index (κ3) is 5.44. The minimum Gasteiger partial charge on any atom is -0.456 e. The minimum absolute atomic E-state index is 0.0289. The maximum atomic E-state index is 11.5. The topological polar surface area (TPSA) is 46.5 Å². The fourth-order valence-corrected chi connectivity index (χ4v) is 2.18. The lowest BCUT2D eigenvalue weighted by molar-refractivity contribution is -0.151. The zero-order valence-corrected chi connectivity index (χ0v) is 11.6. The summed E-state index contributed by atoms with van der Waals surface area (Å²) in [4.78, 5) is 12.2. The lowest BCUT2D eigenvalue weighted by Crippen LogP contribution is -2.28. The Kier molecular flexibility index (Phi) is 4.86. The third-order valence-electron chi connectivity index (χ3n) is 1.76. The van der Waals surface area contributed by atoms with Gasteiger partial charge in [0.25, 0.3) is 0 Å². The first-order valence-electron chi connectivity index (χ1n) is 5.15. The van der Waals surface area contributed by atoms with Crippen molar-refractivity contribution < 1.29 is 14.1 Å². The molecule has 0 aromatic heterocycles. The minimum atomic E-state index is -1.14. The van der Waals surface area contributed by atoms with Gasteiger partial charge < -0.3 is 4.74 Å². The zero-order chi connectivity index (χ0) is 13.1. The molecule has 0 fully saturated rings. The molecule has 1 N–H and O–H groups in total. The highest BCUT2D eigenvalue weighted by Crippen LogP contribution is 2.16. The second-order valence-corrected chi connectivity index (χ2v) is 6.48. The maximum Gasteiger partial charge on any atom is 0.360 e. The quantitative estimate of drug-likeness (QED) is 0.681. The SMILES string of the molecule is CC(C)(C)OC(=O)C[S+](O)c1ccc(Cl)cc1. The number of halogens is 1. The summed E-state index contributed by atoms with van der Waals surface area (Å²) in [6.07, 6.45) is 0. The van der Waals surface area contributed by atoms with E-state index in [9.17, 15) is 9.35 Å². The van der Waals surface area contributed by atoms with Gasteiger partial charge in [-0.2, -0.15) is 4.55 Å². The molecule has 0 spiro atoms. The van der Waals surface area contributed by atoms with Crippen molar-refractivity contribution in [3.63, 3.8) is 0 Å². The van der Waals surface area contributed by atoms with Crippen molar-refractivity contribution in [3.05, 3.63) is 29.3 Å². The number of carbonyl (C=O) groups is 1. The number of rotatable bonds is 3. The Labute approximate surface area is 109 Å². The van der Waals surface area contributed by atoms with E-state index >= 15 is 0 Å². The van der Waals surface area contributed by atoms with E-state index in [0.717, 1.165) is 0 Å². The number of esters is 1. The zero-order valence-electron chi connectivity index (χ0n) is 10.1. The van der Waals surface area contributed by atoms with Crippen LogP contribution in [-0.4, -0.2) is 21.9 Å². The van der Waals surface area contributed by atoms with E-state index in [1.807, 2.05) is 0 Å². The molecule has 0 aliphatic rings. The van der Waals surface area contributed by atoms with Crippen molar-refractivity contribution in [2.24, 2.45) is 0 Å². The van der Waals surface area contributed by atoms with Crippen LogP contribution in [0.5, 0.6) is 0 Å². The highest BCUT2D eigenvalue weighted by molar-refractivity contribution is 7.92. The summed E-state index contributed by atoms with van der Waals surface area (Å²) in [5, 5.41) is 0.600. The average Bonchev–Trinajstić information content (AvgIpc) is 2.15. The Morgan fingerprint density at radius 3 is 2.35 bits per heavy atom. The van der Waals surface area contributed by atoms with Crippen molar-refractivity contribution in [3.8, 4) is 0 Å². The van der Waals surface area contributed by atoms with Gasteiger partial charge in [0.05, 0.1) is 0 Å². The first-order valence-corrected chi connectivity index (χ1v) is 6.88. The highest BCUT2D eigenvalue weighted by atomic mass is 35.5. The molecule has 0 aliphatic carbocycles. The fourth-order valence-electron chi connectivity index (χ4n) is 1.16. The van der Waals surface area contributed by atoms with E-state index in [1.165, 1.54) is 0 Å². The van der Waals surface area contributed by atoms with Crippen LogP contribution in [-0.2, 0) is 20.7 Å². The molecule has 0 radical (unpaired) electrons. The number of hydrogen-bond acceptors (Lipinski definition) is 3. The highest BCUT2D eigenvalue weighted by Gasteiger charge is 2.27. The summed E-state index contributed by atoms with van der Waals surface area (Å²) in [6, 6.07) is 6.77. The summed E-state index contributed by atoms with van der Waals surface area (Å²) in [5.74, 6) is -0.433. The number of ether oxygens (including phenoxy) is 1. The summed E-state index contributed by atoms with van der Waals surface area (Å²) >= 11 is 4.60. The molecule has 17 heavy (non-hydrogen) atoms. The van der Waals surface area contributed by atoms with Crippen LogP contribution in [0.4, 0.5) is 0 Å². The lowest BCUT2D eigenvalue weighted by Gasteiger charge is -2.18. The second kappa shape index (κ2) is 5.76. The molecule has 0 aliphatic heterocycles. The molecule has 94 valence electrons. The molecule has 0 saturated heterocycles. The Bertz CT molecular complexity index is 384. The molecular formula is C12H16ClO3S+. The van der Waals surface area contributed by atoms with Crippen LogP contribution < -0.4 is 0 Å². The Hall–Kier alpha value is -0.710. The van der Waals surface area contributed by atoms with Crippen LogP contribution in [0.3, 0.4) is 0 Å². The van der Waals surface area contributed by atoms with Gasteiger partial charge in [0, 0.05) is 5.02 Å². The van der Waals surface area contributed by atoms with Crippen LogP contribution in [0.15, 0.2) is 29.2 Å². The van der Waals surface area contributed by atoms with Gasteiger partial charge in [0.15, 0.2) is 16.1 Å². The van der Waals surface area contributed by atoms with Gasteiger partial charge in [-0.1, -0.05) is 11.6 Å². The molecule has 5 heteroatoms. The van der Waals surface area contributed by atoms with Crippen molar-refractivity contribution in [1.82, 2.24) is 0 Å². The van der Waals surface area contributed by atoms with Crippen molar-refractivity contribution in [1.29, 1.82) is 0 Å². The molecule has 1 aromatic rings. The van der Waals surface area contributed by atoms with Gasteiger partial charge in [0.1, 0.15) is 5.60 Å². The standard InChI is InChI=1S/C12H16ClO3S/c1-12(2,3)16-11(14)8-17(15)10-6-4-9(13)5-7-10/h4-7,15H,8H2,1-3H3/q+1. The maximum absolute atomic E-state index is 11.5. The smallest absolute Gasteiger partial charge is 0.360 e. The first kappa shape index (κ1) is 14.4. The summed E-state index contributed by atoms with van der Waals surface area (Å²) in [7, 11) is 0. The fraction of sp³-hybridized carbons (Fsp3) is 0.417. The van der Waals surface area contributed by atoms with Crippen LogP contribution in [0.2, 0.25) is 5.02 Å². The van der Waals surface area contributed by atoms with E-state index in [-0.39, 0.29) is 5.75 Å². The van der Waals surface area contributed by atoms with Crippen LogP contribution in [0, 0.1) is 0 Å². The third-order valence-corrected chi connectivity index (χ3v) is 3.34. The van der Waals surface area contributed by atoms with Crippen LogP contribution >= 0.6 is 11.6 Å². The summed E-state index contributed by atoms with van der Waals surface area (Å²) < 4.78 is 15.0. The van der Waals surface area contributed by atoms with Gasteiger partial charge in [0.2, 0.25) is 5.75 Å². The molecule has 3 nitrogen and oxygen atoms in total. The normalized spacial score (nSPS) is 13.2. The molecule has 1 rings (SSSR count). The predicted octanol–water partition coefficient (Wildman–Crippen LogP) is 3.13. The Morgan fingerprint density at radius 2 is 1.88 bits per heavy atom. The molecule has 0 heterocycles. The average molecular weight is 276 g/mol. The molecule has 1 aromatic carbocycles. The first-order chi connectivity index (χ1) is 7.78. The van der Waals surface area contributed by atoms with Gasteiger partial charge >= 0.3 is 5.97 Å². The lowest BCUT2D eigenvalue weighted by atomic mass is 10.2. The van der Waals surface area contributed by atoms with E-state index < -0.39 is 22.7 Å². The summed E-state index contributed by atoms with van der Waals surface area (Å²) in [6.45, 7) is 5.38. The monoisotopic (exact) mass is 275 g/mol. The molecule has 0 saturated carbocycles. The van der Waals surface area contributed by atoms with E-state index in [0.29, 0.717) is 9.92 Å². The van der Waals surface area contributed by atoms with Gasteiger partial charge in [-0.25, -0.2) is 4.79 Å². The Balaban J connectivity index is 2.57. The molecule has 1 unspecified atom stereocenters. The number of benzene rings is 1.